The molecular weight excluding hydrogens is 176 g/mol. The molecule has 2 rings (SSSR count). The summed E-state index contributed by atoms with van der Waals surface area (Å²) in [7, 11) is 0. The highest BCUT2D eigenvalue weighted by Crippen LogP contribution is 2.06. The Morgan fingerprint density at radius 2 is 2.57 bits per heavy atom. The Morgan fingerprint density at radius 1 is 1.64 bits per heavy atom. The SMILES string of the molecule is CC1CNCCN1CCc1ccco1. The molecule has 1 atom stereocenters. The van der Waals surface area contributed by atoms with Gasteiger partial charge in [0.2, 0.25) is 0 Å². The first-order valence-electron chi connectivity index (χ1n) is 5.33. The van der Waals surface area contributed by atoms with Gasteiger partial charge >= 0.3 is 0 Å². The molecule has 2 heterocycles. The maximum absolute atomic E-state index is 5.32. The van der Waals surface area contributed by atoms with Gasteiger partial charge in [-0.05, 0) is 19.1 Å². The van der Waals surface area contributed by atoms with Gasteiger partial charge in [-0.25, -0.2) is 0 Å². The molecule has 1 unspecified atom stereocenters. The molecule has 1 aromatic rings. The average molecular weight is 194 g/mol. The fourth-order valence-corrected chi connectivity index (χ4v) is 1.92. The molecule has 1 aliphatic rings. The van der Waals surface area contributed by atoms with Crippen LogP contribution in [-0.2, 0) is 6.42 Å². The standard InChI is InChI=1S/C11H18N2O/c1-10-9-12-5-7-13(10)6-4-11-3-2-8-14-11/h2-3,8,10,12H,4-7,9H2,1H3. The number of furan rings is 1. The molecule has 0 amide bonds. The lowest BCUT2D eigenvalue weighted by Gasteiger charge is -2.33. The first kappa shape index (κ1) is 9.74. The maximum atomic E-state index is 5.32. The molecule has 1 aliphatic heterocycles. The highest BCUT2D eigenvalue weighted by Gasteiger charge is 2.17. The maximum Gasteiger partial charge on any atom is 0.105 e. The Hall–Kier alpha value is -0.800. The van der Waals surface area contributed by atoms with Crippen molar-refractivity contribution in [3.63, 3.8) is 0 Å². The van der Waals surface area contributed by atoms with E-state index in [1.807, 2.05) is 12.1 Å². The highest BCUT2D eigenvalue weighted by atomic mass is 16.3. The third kappa shape index (κ3) is 2.36. The van der Waals surface area contributed by atoms with Crippen LogP contribution in [0.25, 0.3) is 0 Å². The molecule has 0 aliphatic carbocycles. The monoisotopic (exact) mass is 194 g/mol. The van der Waals surface area contributed by atoms with Crippen LogP contribution < -0.4 is 5.32 Å². The number of nitrogens with zero attached hydrogens (tertiary/aromatic N) is 1. The summed E-state index contributed by atoms with van der Waals surface area (Å²) in [5.74, 6) is 1.09. The zero-order chi connectivity index (χ0) is 9.80. The highest BCUT2D eigenvalue weighted by molar-refractivity contribution is 4.98. The second-order valence-corrected chi connectivity index (χ2v) is 3.92. The van der Waals surface area contributed by atoms with Gasteiger partial charge in [0, 0.05) is 38.6 Å². The summed E-state index contributed by atoms with van der Waals surface area (Å²) in [6.45, 7) is 6.76. The van der Waals surface area contributed by atoms with Crippen molar-refractivity contribution in [2.24, 2.45) is 0 Å². The van der Waals surface area contributed by atoms with E-state index in [1.165, 1.54) is 0 Å². The summed E-state index contributed by atoms with van der Waals surface area (Å²) in [6, 6.07) is 4.65. The normalized spacial score (nSPS) is 23.9. The molecule has 0 bridgehead atoms. The minimum Gasteiger partial charge on any atom is -0.469 e. The predicted octanol–water partition coefficient (Wildman–Crippen LogP) is 1.12. The Bertz CT molecular complexity index is 258. The number of piperazine rings is 1. The zero-order valence-electron chi connectivity index (χ0n) is 8.70. The number of nitrogens with one attached hydrogen (secondary N) is 1. The van der Waals surface area contributed by atoms with E-state index < -0.39 is 0 Å². The molecule has 0 saturated carbocycles. The van der Waals surface area contributed by atoms with Crippen LogP contribution in [0.2, 0.25) is 0 Å². The van der Waals surface area contributed by atoms with E-state index in [4.69, 9.17) is 4.42 Å². The van der Waals surface area contributed by atoms with E-state index in [9.17, 15) is 0 Å². The van der Waals surface area contributed by atoms with Gasteiger partial charge in [0.1, 0.15) is 5.76 Å². The van der Waals surface area contributed by atoms with Crippen LogP contribution in [-0.4, -0.2) is 37.1 Å². The Labute approximate surface area is 85.1 Å². The third-order valence-corrected chi connectivity index (χ3v) is 2.86. The van der Waals surface area contributed by atoms with Gasteiger partial charge in [-0.1, -0.05) is 0 Å². The first-order chi connectivity index (χ1) is 6.86. The van der Waals surface area contributed by atoms with Gasteiger partial charge in [0.05, 0.1) is 6.26 Å². The first-order valence-corrected chi connectivity index (χ1v) is 5.33. The molecule has 0 spiro atoms. The molecule has 1 saturated heterocycles. The third-order valence-electron chi connectivity index (χ3n) is 2.86. The number of hydrogen-bond donors (Lipinski definition) is 1. The van der Waals surface area contributed by atoms with Crippen LogP contribution in [0.5, 0.6) is 0 Å². The molecule has 1 aromatic heterocycles. The van der Waals surface area contributed by atoms with Gasteiger partial charge in [-0.3, -0.25) is 4.90 Å². The molecule has 0 radical (unpaired) electrons. The van der Waals surface area contributed by atoms with Crippen molar-refractivity contribution in [3.8, 4) is 0 Å². The van der Waals surface area contributed by atoms with Crippen molar-refractivity contribution < 1.29 is 4.42 Å². The van der Waals surface area contributed by atoms with Crippen molar-refractivity contribution in [2.45, 2.75) is 19.4 Å². The number of rotatable bonds is 3. The summed E-state index contributed by atoms with van der Waals surface area (Å²) >= 11 is 0. The van der Waals surface area contributed by atoms with Crippen molar-refractivity contribution in [1.29, 1.82) is 0 Å². The molecule has 78 valence electrons. The van der Waals surface area contributed by atoms with Gasteiger partial charge in [-0.2, -0.15) is 0 Å². The lowest BCUT2D eigenvalue weighted by molar-refractivity contribution is 0.173. The minimum absolute atomic E-state index is 0.652. The molecule has 14 heavy (non-hydrogen) atoms. The van der Waals surface area contributed by atoms with E-state index in [1.54, 1.807) is 6.26 Å². The summed E-state index contributed by atoms with van der Waals surface area (Å²) in [4.78, 5) is 2.51. The van der Waals surface area contributed by atoms with E-state index in [0.29, 0.717) is 6.04 Å². The van der Waals surface area contributed by atoms with Crippen LogP contribution in [0.15, 0.2) is 22.8 Å². The van der Waals surface area contributed by atoms with Crippen LogP contribution in [0.1, 0.15) is 12.7 Å². The summed E-state index contributed by atoms with van der Waals surface area (Å²) in [5, 5.41) is 3.39. The minimum atomic E-state index is 0.652. The zero-order valence-corrected chi connectivity index (χ0v) is 8.70. The van der Waals surface area contributed by atoms with E-state index in [0.717, 1.165) is 38.4 Å². The summed E-state index contributed by atoms with van der Waals surface area (Å²) < 4.78 is 5.32. The molecule has 1 N–H and O–H groups in total. The Kier molecular flexibility index (Phi) is 3.22. The van der Waals surface area contributed by atoms with Crippen molar-refractivity contribution in [3.05, 3.63) is 24.2 Å². The van der Waals surface area contributed by atoms with Crippen molar-refractivity contribution in [1.82, 2.24) is 10.2 Å². The molecule has 3 nitrogen and oxygen atoms in total. The Balaban J connectivity index is 1.79. The van der Waals surface area contributed by atoms with Crippen LogP contribution in [0, 0.1) is 0 Å². The second-order valence-electron chi connectivity index (χ2n) is 3.92. The Morgan fingerprint density at radius 3 is 3.29 bits per heavy atom. The van der Waals surface area contributed by atoms with E-state index in [2.05, 4.69) is 17.1 Å². The van der Waals surface area contributed by atoms with Crippen molar-refractivity contribution >= 4 is 0 Å². The van der Waals surface area contributed by atoms with E-state index in [-0.39, 0.29) is 0 Å². The molecule has 1 fully saturated rings. The van der Waals surface area contributed by atoms with Gasteiger partial charge in [0.25, 0.3) is 0 Å². The fraction of sp³-hybridized carbons (Fsp3) is 0.636. The quantitative estimate of drug-likeness (QED) is 0.781. The molecule has 0 aromatic carbocycles. The second kappa shape index (κ2) is 4.62. The lowest BCUT2D eigenvalue weighted by atomic mass is 10.2. The van der Waals surface area contributed by atoms with Crippen LogP contribution >= 0.6 is 0 Å². The average Bonchev–Trinajstić information content (AvgIpc) is 2.69. The predicted molar refractivity (Wildman–Crippen MR) is 56.3 cm³/mol. The molecule has 3 heteroatoms. The number of hydrogen-bond acceptors (Lipinski definition) is 3. The largest absolute Gasteiger partial charge is 0.469 e. The molecular formula is C11H18N2O. The van der Waals surface area contributed by atoms with Crippen LogP contribution in [0.3, 0.4) is 0 Å². The summed E-state index contributed by atoms with van der Waals surface area (Å²) in [5.41, 5.74) is 0. The van der Waals surface area contributed by atoms with Gasteiger partial charge in [-0.15, -0.1) is 0 Å². The summed E-state index contributed by atoms with van der Waals surface area (Å²) in [6.07, 6.45) is 2.77. The van der Waals surface area contributed by atoms with Crippen molar-refractivity contribution in [2.75, 3.05) is 26.2 Å². The lowest BCUT2D eigenvalue weighted by Crippen LogP contribution is -2.50. The fourth-order valence-electron chi connectivity index (χ4n) is 1.92. The van der Waals surface area contributed by atoms with Crippen LogP contribution in [0.4, 0.5) is 0 Å². The van der Waals surface area contributed by atoms with Gasteiger partial charge < -0.3 is 9.73 Å². The van der Waals surface area contributed by atoms with E-state index >= 15 is 0 Å². The topological polar surface area (TPSA) is 28.4 Å². The smallest absolute Gasteiger partial charge is 0.105 e. The van der Waals surface area contributed by atoms with Gasteiger partial charge in [0.15, 0.2) is 0 Å².